The van der Waals surface area contributed by atoms with E-state index in [9.17, 15) is 0 Å². The van der Waals surface area contributed by atoms with Crippen molar-refractivity contribution in [3.05, 3.63) is 101 Å². The highest BCUT2D eigenvalue weighted by molar-refractivity contribution is 8.15. The van der Waals surface area contributed by atoms with Crippen LogP contribution in [0.3, 0.4) is 0 Å². The molecule has 0 radical (unpaired) electrons. The van der Waals surface area contributed by atoms with Crippen LogP contribution in [0, 0.1) is 20.8 Å². The number of unbranched alkanes of at least 4 members (excludes halogenated alkanes) is 10. The fourth-order valence-electron chi connectivity index (χ4n) is 6.58. The first kappa shape index (κ1) is 40.5. The zero-order chi connectivity index (χ0) is 34.5. The molecule has 0 aliphatic heterocycles. The van der Waals surface area contributed by atoms with Crippen LogP contribution in [0.4, 0.5) is 0 Å². The van der Waals surface area contributed by atoms with Crippen LogP contribution in [-0.4, -0.2) is 19.5 Å². The second-order valence-corrected chi connectivity index (χ2v) is 17.7. The molecule has 0 heterocycles. The highest BCUT2D eigenvalue weighted by atomic mass is 35.7. The number of aryl methyl sites for hydroxylation is 3. The van der Waals surface area contributed by atoms with E-state index in [2.05, 4.69) is 114 Å². The van der Waals surface area contributed by atoms with Gasteiger partial charge in [0.1, 0.15) is 27.2 Å². The molecule has 0 saturated heterocycles. The van der Waals surface area contributed by atoms with E-state index >= 15 is 0 Å². The van der Waals surface area contributed by atoms with E-state index in [0.717, 1.165) is 58.2 Å². The Labute approximate surface area is 300 Å². The molecular formula is C44H65ClO2P+. The zero-order valence-corrected chi connectivity index (χ0v) is 32.6. The molecule has 48 heavy (non-hydrogen) atoms. The summed E-state index contributed by atoms with van der Waals surface area (Å²) in [6.07, 6.45) is 23.8. The molecule has 2 nitrogen and oxygen atoms in total. The highest BCUT2D eigenvalue weighted by Crippen LogP contribution is 2.62. The summed E-state index contributed by atoms with van der Waals surface area (Å²) in [5.74, 6) is 0. The number of ether oxygens (including phenoxy) is 2. The normalized spacial score (nSPS) is 12.1. The summed E-state index contributed by atoms with van der Waals surface area (Å²) in [6, 6.07) is 24.2. The Morgan fingerprint density at radius 2 is 1.10 bits per heavy atom. The van der Waals surface area contributed by atoms with E-state index in [-0.39, 0.29) is 6.29 Å². The number of rotatable bonds is 25. The molecule has 0 aromatic heterocycles. The third-order valence-corrected chi connectivity index (χ3v) is 14.7. The van der Waals surface area contributed by atoms with E-state index < -0.39 is 6.62 Å². The van der Waals surface area contributed by atoms with Gasteiger partial charge in [-0.2, -0.15) is 0 Å². The molecule has 0 N–H and O–H groups in total. The Kier molecular flexibility index (Phi) is 19.8. The molecule has 3 rings (SSSR count). The number of hydrogen-bond acceptors (Lipinski definition) is 2. The van der Waals surface area contributed by atoms with E-state index in [1.807, 2.05) is 0 Å². The maximum Gasteiger partial charge on any atom is 0.211 e. The molecule has 0 aliphatic carbocycles. The first-order valence-corrected chi connectivity index (χ1v) is 21.8. The van der Waals surface area contributed by atoms with Gasteiger partial charge in [-0.15, -0.1) is 0 Å². The van der Waals surface area contributed by atoms with Crippen molar-refractivity contribution in [1.82, 2.24) is 0 Å². The summed E-state index contributed by atoms with van der Waals surface area (Å²) in [5.41, 5.74) is 5.29. The van der Waals surface area contributed by atoms with Crippen molar-refractivity contribution >= 4 is 33.8 Å². The Balaban J connectivity index is 1.47. The molecule has 0 amide bonds. The summed E-state index contributed by atoms with van der Waals surface area (Å²) in [4.78, 5) is 0. The van der Waals surface area contributed by atoms with Gasteiger partial charge in [-0.05, 0) is 119 Å². The van der Waals surface area contributed by atoms with E-state index in [1.54, 1.807) is 0 Å². The van der Waals surface area contributed by atoms with Crippen LogP contribution in [0.1, 0.15) is 132 Å². The van der Waals surface area contributed by atoms with Crippen molar-refractivity contribution in [2.75, 3.05) is 13.2 Å². The molecule has 0 spiro atoms. The number of halogens is 1. The van der Waals surface area contributed by atoms with Crippen LogP contribution in [0.15, 0.2) is 78.9 Å². The summed E-state index contributed by atoms with van der Waals surface area (Å²) in [6.45, 7) is 10.5. The smallest absolute Gasteiger partial charge is 0.211 e. The lowest BCUT2D eigenvalue weighted by atomic mass is 10.0. The molecule has 0 bridgehead atoms. The SMILES string of the molecule is CCCCCCOC(CCCCC/C=C\CCCc1cccc([P+](Cl)(c2ccccc2C)c2ccccc2C)c1C)OCCCCCC. The maximum absolute atomic E-state index is 7.94. The van der Waals surface area contributed by atoms with Gasteiger partial charge in [0.15, 0.2) is 6.29 Å². The lowest BCUT2D eigenvalue weighted by Crippen LogP contribution is -2.32. The largest absolute Gasteiger partial charge is 0.353 e. The first-order chi connectivity index (χ1) is 23.4. The molecule has 0 atom stereocenters. The standard InChI is InChI=1S/C44H65ClO2P/c1-6-8-10-24-35-46-44(47-36-25-11-9-7-2)34-19-17-15-13-12-14-16-18-29-40-30-26-33-43(39(40)5)48(45,41-31-22-20-27-37(41)3)42-32-23-21-28-38(42)4/h12,14,20-23,26-28,30-33,44H,6-11,13,15-19,24-25,29,34-36H2,1-5H3/q+1/b14-12-. The molecule has 0 unspecified atom stereocenters. The Morgan fingerprint density at radius 3 is 1.67 bits per heavy atom. The molecular weight excluding hydrogens is 627 g/mol. The lowest BCUT2D eigenvalue weighted by Gasteiger charge is -2.24. The Morgan fingerprint density at radius 1 is 0.583 bits per heavy atom. The number of allylic oxidation sites excluding steroid dienone is 2. The van der Waals surface area contributed by atoms with Gasteiger partial charge in [0.05, 0.1) is 0 Å². The summed E-state index contributed by atoms with van der Waals surface area (Å²) < 4.78 is 12.3. The van der Waals surface area contributed by atoms with Gasteiger partial charge in [-0.25, -0.2) is 0 Å². The first-order valence-electron chi connectivity index (χ1n) is 19.1. The van der Waals surface area contributed by atoms with Crippen LogP contribution < -0.4 is 15.9 Å². The summed E-state index contributed by atoms with van der Waals surface area (Å²) in [7, 11) is 0. The summed E-state index contributed by atoms with van der Waals surface area (Å²) >= 11 is 7.94. The quantitative estimate of drug-likeness (QED) is 0.0381. The van der Waals surface area contributed by atoms with Crippen LogP contribution in [-0.2, 0) is 15.9 Å². The van der Waals surface area contributed by atoms with Crippen LogP contribution >= 0.6 is 17.9 Å². The average Bonchev–Trinajstić information content (AvgIpc) is 3.09. The van der Waals surface area contributed by atoms with E-state index in [0.29, 0.717) is 0 Å². The molecule has 3 aromatic rings. The zero-order valence-electron chi connectivity index (χ0n) is 31.0. The Bertz CT molecular complexity index is 1280. The van der Waals surface area contributed by atoms with Crippen molar-refractivity contribution in [3.63, 3.8) is 0 Å². The molecule has 0 saturated carbocycles. The maximum atomic E-state index is 7.94. The third-order valence-electron chi connectivity index (χ3n) is 9.54. The minimum Gasteiger partial charge on any atom is -0.353 e. The van der Waals surface area contributed by atoms with Gasteiger partial charge in [0, 0.05) is 13.2 Å². The molecule has 264 valence electrons. The number of hydrogen-bond donors (Lipinski definition) is 0. The lowest BCUT2D eigenvalue weighted by molar-refractivity contribution is -0.148. The van der Waals surface area contributed by atoms with Crippen LogP contribution in [0.25, 0.3) is 0 Å². The minimum absolute atomic E-state index is 0.0229. The van der Waals surface area contributed by atoms with Gasteiger partial charge >= 0.3 is 0 Å². The van der Waals surface area contributed by atoms with Gasteiger partial charge < -0.3 is 9.47 Å². The fourth-order valence-corrected chi connectivity index (χ4v) is 11.6. The van der Waals surface area contributed by atoms with E-state index in [4.69, 9.17) is 20.7 Å². The van der Waals surface area contributed by atoms with Crippen LogP contribution in [0.2, 0.25) is 0 Å². The molecule has 0 aliphatic rings. The fraction of sp³-hybridized carbons (Fsp3) is 0.545. The van der Waals surface area contributed by atoms with Crippen molar-refractivity contribution in [2.24, 2.45) is 0 Å². The molecule has 0 fully saturated rings. The molecule has 3 aromatic carbocycles. The van der Waals surface area contributed by atoms with Crippen molar-refractivity contribution in [1.29, 1.82) is 0 Å². The van der Waals surface area contributed by atoms with Crippen LogP contribution in [0.5, 0.6) is 0 Å². The average molecular weight is 692 g/mol. The van der Waals surface area contributed by atoms with Gasteiger partial charge in [0.2, 0.25) is 6.62 Å². The van der Waals surface area contributed by atoms with Crippen molar-refractivity contribution < 1.29 is 9.47 Å². The predicted octanol–water partition coefficient (Wildman–Crippen LogP) is 12.4. The molecule has 4 heteroatoms. The van der Waals surface area contributed by atoms with Gasteiger partial charge in [-0.1, -0.05) is 119 Å². The minimum atomic E-state index is -2.31. The monoisotopic (exact) mass is 691 g/mol. The van der Waals surface area contributed by atoms with Gasteiger partial charge in [-0.3, -0.25) is 0 Å². The highest BCUT2D eigenvalue weighted by Gasteiger charge is 2.48. The Hall–Kier alpha value is -1.96. The van der Waals surface area contributed by atoms with Crippen molar-refractivity contribution in [3.8, 4) is 0 Å². The second kappa shape index (κ2) is 23.4. The van der Waals surface area contributed by atoms with Gasteiger partial charge in [0.25, 0.3) is 0 Å². The van der Waals surface area contributed by atoms with Crippen molar-refractivity contribution in [2.45, 2.75) is 144 Å². The summed E-state index contributed by atoms with van der Waals surface area (Å²) in [5, 5.41) is 3.83. The third kappa shape index (κ3) is 13.1. The topological polar surface area (TPSA) is 18.5 Å². The predicted molar refractivity (Wildman–Crippen MR) is 214 cm³/mol. The number of benzene rings is 3. The van der Waals surface area contributed by atoms with E-state index in [1.165, 1.54) is 96.0 Å². The second-order valence-electron chi connectivity index (χ2n) is 13.5.